The fourth-order valence-corrected chi connectivity index (χ4v) is 4.11. The quantitative estimate of drug-likeness (QED) is 0.371. The number of nitrogens with zero attached hydrogens (tertiary/aromatic N) is 3. The van der Waals surface area contributed by atoms with E-state index in [1.165, 1.54) is 0 Å². The van der Waals surface area contributed by atoms with Crippen LogP contribution in [0.1, 0.15) is 25.0 Å². The number of piperidine rings is 1. The van der Waals surface area contributed by atoms with E-state index < -0.39 is 36.4 Å². The molecule has 258 valence electrons. The Morgan fingerprint density at radius 2 is 1.46 bits per heavy atom. The summed E-state index contributed by atoms with van der Waals surface area (Å²) in [4.78, 5) is 37.8. The fraction of sp³-hybridized carbons (Fsp3) is 0.500. The average molecular weight is 682 g/mol. The van der Waals surface area contributed by atoms with Crippen LogP contribution >= 0.6 is 0 Å². The standard InChI is InChI=1S/C20H25N3O2.3C2HF3O2/c1-2-10-22-17(5-1)14-23-11-7-19-20(15-23,8-4-12-24-19)16-25-18-6-3-9-21-13-18;3*3-2(4,5)1(6)7/h1-3,5-6,9-10,13,19H,4,7-8,11-12,14-16H2;3*(H,6,7). The van der Waals surface area contributed by atoms with Crippen LogP contribution in [0.2, 0.25) is 0 Å². The van der Waals surface area contributed by atoms with E-state index in [0.717, 1.165) is 56.9 Å². The third kappa shape index (κ3) is 14.7. The number of carbonyl (C=O) groups is 3. The number of carboxylic acids is 3. The SMILES string of the molecule is O=C(O)C(F)(F)F.O=C(O)C(F)(F)F.O=C(O)C(F)(F)F.c1ccc(CN2CCC3OCCCC3(COc3cccnc3)C2)nc1. The Kier molecular flexibility index (Phi) is 15.1. The highest BCUT2D eigenvalue weighted by atomic mass is 19.4. The van der Waals surface area contributed by atoms with Gasteiger partial charge in [0.25, 0.3) is 0 Å². The van der Waals surface area contributed by atoms with Crippen LogP contribution < -0.4 is 4.74 Å². The average Bonchev–Trinajstić information content (AvgIpc) is 2.96. The van der Waals surface area contributed by atoms with Crippen molar-refractivity contribution in [3.05, 3.63) is 54.6 Å². The fourth-order valence-electron chi connectivity index (χ4n) is 4.11. The van der Waals surface area contributed by atoms with Crippen molar-refractivity contribution in [3.63, 3.8) is 0 Å². The van der Waals surface area contributed by atoms with E-state index in [-0.39, 0.29) is 11.5 Å². The first-order chi connectivity index (χ1) is 21.2. The van der Waals surface area contributed by atoms with Crippen LogP contribution in [0.25, 0.3) is 0 Å². The molecule has 0 radical (unpaired) electrons. The topological polar surface area (TPSA) is 159 Å². The summed E-state index contributed by atoms with van der Waals surface area (Å²) in [5, 5.41) is 21.4. The molecule has 0 spiro atoms. The van der Waals surface area contributed by atoms with Crippen LogP contribution in [-0.2, 0) is 25.7 Å². The van der Waals surface area contributed by atoms with Gasteiger partial charge in [-0.2, -0.15) is 39.5 Å². The van der Waals surface area contributed by atoms with Gasteiger partial charge < -0.3 is 24.8 Å². The molecule has 2 aliphatic heterocycles. The number of aromatic nitrogens is 2. The molecule has 2 aromatic rings. The summed E-state index contributed by atoms with van der Waals surface area (Å²) in [7, 11) is 0. The van der Waals surface area contributed by atoms with Crippen molar-refractivity contribution < 1.29 is 78.7 Å². The molecule has 0 bridgehead atoms. The van der Waals surface area contributed by atoms with Crippen LogP contribution in [0, 0.1) is 5.41 Å². The van der Waals surface area contributed by atoms with E-state index in [0.29, 0.717) is 6.61 Å². The highest BCUT2D eigenvalue weighted by molar-refractivity contribution is 5.73. The molecule has 20 heteroatoms. The van der Waals surface area contributed by atoms with Gasteiger partial charge in [-0.15, -0.1) is 0 Å². The van der Waals surface area contributed by atoms with Crippen LogP contribution in [0.15, 0.2) is 48.9 Å². The highest BCUT2D eigenvalue weighted by Gasteiger charge is 2.46. The minimum atomic E-state index is -5.08. The van der Waals surface area contributed by atoms with Crippen LogP contribution in [0.5, 0.6) is 5.75 Å². The summed E-state index contributed by atoms with van der Waals surface area (Å²) in [6.45, 7) is 4.49. The third-order valence-corrected chi connectivity index (χ3v) is 6.07. The molecule has 4 heterocycles. The molecule has 2 saturated heterocycles. The van der Waals surface area contributed by atoms with Gasteiger partial charge in [0.15, 0.2) is 0 Å². The smallest absolute Gasteiger partial charge is 0.490 e. The largest absolute Gasteiger partial charge is 0.491 e. The molecule has 2 atom stereocenters. The molecule has 0 amide bonds. The minimum Gasteiger partial charge on any atom is -0.491 e. The number of alkyl halides is 9. The van der Waals surface area contributed by atoms with E-state index in [4.69, 9.17) is 39.2 Å². The second-order valence-corrected chi connectivity index (χ2v) is 9.53. The molecule has 2 aromatic heterocycles. The van der Waals surface area contributed by atoms with Crippen molar-refractivity contribution >= 4 is 17.9 Å². The number of aliphatic carboxylic acids is 3. The Bertz CT molecular complexity index is 1180. The van der Waals surface area contributed by atoms with Gasteiger partial charge in [-0.25, -0.2) is 14.4 Å². The number of hydrogen-bond acceptors (Lipinski definition) is 8. The van der Waals surface area contributed by atoms with Crippen LogP contribution in [0.3, 0.4) is 0 Å². The maximum absolute atomic E-state index is 10.6. The van der Waals surface area contributed by atoms with Crippen LogP contribution in [0.4, 0.5) is 39.5 Å². The number of likely N-dealkylation sites (tertiary alicyclic amines) is 1. The van der Waals surface area contributed by atoms with E-state index in [9.17, 15) is 39.5 Å². The first-order valence-corrected chi connectivity index (χ1v) is 12.8. The molecule has 2 unspecified atom stereocenters. The second kappa shape index (κ2) is 17.5. The lowest BCUT2D eigenvalue weighted by Gasteiger charge is -2.50. The van der Waals surface area contributed by atoms with Gasteiger partial charge in [0, 0.05) is 44.0 Å². The van der Waals surface area contributed by atoms with Gasteiger partial charge in [0.1, 0.15) is 5.75 Å². The number of pyridine rings is 2. The highest BCUT2D eigenvalue weighted by Crippen LogP contribution is 2.41. The molecule has 0 aliphatic carbocycles. The summed E-state index contributed by atoms with van der Waals surface area (Å²) in [6, 6.07) is 10.0. The summed E-state index contributed by atoms with van der Waals surface area (Å²) in [5.74, 6) is -7.43. The van der Waals surface area contributed by atoms with E-state index in [1.807, 2.05) is 24.4 Å². The van der Waals surface area contributed by atoms with Crippen molar-refractivity contribution in [2.45, 2.75) is 50.4 Å². The third-order valence-electron chi connectivity index (χ3n) is 6.07. The first-order valence-electron chi connectivity index (χ1n) is 12.8. The molecule has 4 rings (SSSR count). The van der Waals surface area contributed by atoms with Gasteiger partial charge in [0.05, 0.1) is 24.6 Å². The van der Waals surface area contributed by atoms with Gasteiger partial charge in [0.2, 0.25) is 0 Å². The summed E-state index contributed by atoms with van der Waals surface area (Å²) in [5.41, 5.74) is 1.18. The molecular formula is C26H28F9N3O8. The van der Waals surface area contributed by atoms with Crippen molar-refractivity contribution in [1.29, 1.82) is 0 Å². The molecule has 2 aliphatic rings. The number of hydrogen-bond donors (Lipinski definition) is 3. The minimum absolute atomic E-state index is 0.0567. The molecule has 46 heavy (non-hydrogen) atoms. The maximum Gasteiger partial charge on any atom is 0.490 e. The Balaban J connectivity index is 0.000000413. The zero-order valence-corrected chi connectivity index (χ0v) is 23.5. The number of fused-ring (bicyclic) bond motifs is 1. The maximum atomic E-state index is 10.6. The Labute approximate surface area is 254 Å². The predicted molar refractivity (Wildman–Crippen MR) is 136 cm³/mol. The molecular weight excluding hydrogens is 653 g/mol. The lowest BCUT2D eigenvalue weighted by Crippen LogP contribution is -2.57. The molecule has 0 saturated carbocycles. The number of halogens is 9. The van der Waals surface area contributed by atoms with E-state index >= 15 is 0 Å². The van der Waals surface area contributed by atoms with Gasteiger partial charge >= 0.3 is 36.4 Å². The monoisotopic (exact) mass is 681 g/mol. The normalized spacial score (nSPS) is 19.7. The van der Waals surface area contributed by atoms with Crippen molar-refractivity contribution in [1.82, 2.24) is 14.9 Å². The van der Waals surface area contributed by atoms with E-state index in [2.05, 4.69) is 27.0 Å². The van der Waals surface area contributed by atoms with Crippen LogP contribution in [-0.4, -0.2) is 99.0 Å². The van der Waals surface area contributed by atoms with Gasteiger partial charge in [-0.3, -0.25) is 14.9 Å². The summed E-state index contributed by atoms with van der Waals surface area (Å²) >= 11 is 0. The van der Waals surface area contributed by atoms with Gasteiger partial charge in [-0.1, -0.05) is 6.07 Å². The Morgan fingerprint density at radius 1 is 0.891 bits per heavy atom. The molecule has 0 aromatic carbocycles. The Morgan fingerprint density at radius 3 is 1.91 bits per heavy atom. The van der Waals surface area contributed by atoms with Crippen molar-refractivity contribution in [2.24, 2.45) is 5.41 Å². The van der Waals surface area contributed by atoms with Crippen molar-refractivity contribution in [3.8, 4) is 5.75 Å². The summed E-state index contributed by atoms with van der Waals surface area (Å²) in [6.07, 6.45) is -6.23. The summed E-state index contributed by atoms with van der Waals surface area (Å²) < 4.78 is 107. The lowest BCUT2D eigenvalue weighted by molar-refractivity contribution is -0.193. The predicted octanol–water partition coefficient (Wildman–Crippen LogP) is 4.83. The zero-order chi connectivity index (χ0) is 35.2. The second-order valence-electron chi connectivity index (χ2n) is 9.53. The van der Waals surface area contributed by atoms with E-state index in [1.54, 1.807) is 12.4 Å². The molecule has 2 fully saturated rings. The first kappa shape index (κ1) is 39.8. The van der Waals surface area contributed by atoms with Gasteiger partial charge in [-0.05, 0) is 43.5 Å². The lowest BCUT2D eigenvalue weighted by atomic mass is 9.73. The number of rotatable bonds is 5. The Hall–Kier alpha value is -4.20. The molecule has 11 nitrogen and oxygen atoms in total. The van der Waals surface area contributed by atoms with Crippen molar-refractivity contribution in [2.75, 3.05) is 26.3 Å². The number of ether oxygens (including phenoxy) is 2. The number of carboxylic acid groups (broad SMARTS) is 3. The molecule has 3 N–H and O–H groups in total. The zero-order valence-electron chi connectivity index (χ0n) is 23.5.